The molecule has 1 atom stereocenters. The van der Waals surface area contributed by atoms with Gasteiger partial charge >= 0.3 is 5.97 Å². The smallest absolute Gasteiger partial charge is 0.306 e. The van der Waals surface area contributed by atoms with Crippen LogP contribution in [0.3, 0.4) is 0 Å². The Balaban J connectivity index is 3.74. The van der Waals surface area contributed by atoms with Crippen LogP contribution in [0.25, 0.3) is 0 Å². The zero-order valence-electron chi connectivity index (χ0n) is 9.75. The molecule has 0 aromatic heterocycles. The Morgan fingerprint density at radius 1 is 1.07 bits per heavy atom. The van der Waals surface area contributed by atoms with Gasteiger partial charge in [0, 0.05) is 0 Å². The normalized spacial score (nSPS) is 13.1. The van der Waals surface area contributed by atoms with Crippen molar-refractivity contribution in [3.63, 3.8) is 0 Å². The molecule has 2 nitrogen and oxygen atoms in total. The van der Waals surface area contributed by atoms with Gasteiger partial charge < -0.3 is 5.11 Å². The van der Waals surface area contributed by atoms with Crippen molar-refractivity contribution >= 4 is 5.97 Å². The third kappa shape index (κ3) is 6.01. The highest BCUT2D eigenvalue weighted by Crippen LogP contribution is 2.21. The molecule has 0 fully saturated rings. The van der Waals surface area contributed by atoms with Gasteiger partial charge in [-0.05, 0) is 18.8 Å². The zero-order chi connectivity index (χ0) is 11.0. The van der Waals surface area contributed by atoms with Gasteiger partial charge in [-0.2, -0.15) is 0 Å². The van der Waals surface area contributed by atoms with E-state index in [1.165, 1.54) is 25.7 Å². The number of rotatable bonds is 8. The summed E-state index contributed by atoms with van der Waals surface area (Å²) in [6, 6.07) is 0. The average Bonchev–Trinajstić information content (AvgIpc) is 2.14. The molecule has 0 heterocycles. The summed E-state index contributed by atoms with van der Waals surface area (Å²) >= 11 is 0. The van der Waals surface area contributed by atoms with Crippen LogP contribution in [0.4, 0.5) is 0 Å². The predicted octanol–water partition coefficient (Wildman–Crippen LogP) is 3.70. The Morgan fingerprint density at radius 3 is 1.93 bits per heavy atom. The predicted molar refractivity (Wildman–Crippen MR) is 59.3 cm³/mol. The lowest BCUT2D eigenvalue weighted by molar-refractivity contribution is -0.141. The van der Waals surface area contributed by atoms with Gasteiger partial charge in [-0.1, -0.05) is 46.5 Å². The van der Waals surface area contributed by atoms with Crippen LogP contribution in [0.2, 0.25) is 0 Å². The molecule has 0 rings (SSSR count). The number of carboxylic acids is 1. The summed E-state index contributed by atoms with van der Waals surface area (Å²) in [6.45, 7) is 6.20. The lowest BCUT2D eigenvalue weighted by Gasteiger charge is -2.16. The van der Waals surface area contributed by atoms with Gasteiger partial charge in [-0.25, -0.2) is 0 Å². The molecule has 1 unspecified atom stereocenters. The topological polar surface area (TPSA) is 37.3 Å². The van der Waals surface area contributed by atoms with E-state index in [4.69, 9.17) is 5.11 Å². The fraction of sp³-hybridized carbons (Fsp3) is 0.917. The number of hydrogen-bond donors (Lipinski definition) is 1. The highest BCUT2D eigenvalue weighted by atomic mass is 16.4. The number of aliphatic carboxylic acids is 1. The molecule has 0 aromatic carbocycles. The van der Waals surface area contributed by atoms with E-state index in [9.17, 15) is 4.79 Å². The molecular formula is C12H24O2. The van der Waals surface area contributed by atoms with Crippen molar-refractivity contribution in [1.29, 1.82) is 0 Å². The molecule has 0 radical (unpaired) electrons. The molecule has 0 saturated heterocycles. The lowest BCUT2D eigenvalue weighted by atomic mass is 9.90. The van der Waals surface area contributed by atoms with Crippen molar-refractivity contribution in [3.8, 4) is 0 Å². The lowest BCUT2D eigenvalue weighted by Crippen LogP contribution is -2.11. The third-order valence-corrected chi connectivity index (χ3v) is 2.82. The van der Waals surface area contributed by atoms with Crippen LogP contribution in [0.1, 0.15) is 59.3 Å². The van der Waals surface area contributed by atoms with Crippen molar-refractivity contribution < 1.29 is 9.90 Å². The summed E-state index contributed by atoms with van der Waals surface area (Å²) in [7, 11) is 0. The summed E-state index contributed by atoms with van der Waals surface area (Å²) in [6.07, 6.45) is 6.84. The Kier molecular flexibility index (Phi) is 7.54. The van der Waals surface area contributed by atoms with Crippen LogP contribution in [0.5, 0.6) is 0 Å². The number of carboxylic acid groups (broad SMARTS) is 1. The van der Waals surface area contributed by atoms with E-state index in [0.29, 0.717) is 0 Å². The monoisotopic (exact) mass is 200 g/mol. The molecule has 0 aliphatic heterocycles. The second-order valence-corrected chi connectivity index (χ2v) is 4.26. The standard InChI is InChI=1S/C12H24O2/c1-4-6-11(7-5-2)9-8-10(3)12(13)14/h10-11H,4-9H2,1-3H3,(H,13,14). The summed E-state index contributed by atoms with van der Waals surface area (Å²) in [5.41, 5.74) is 0. The van der Waals surface area contributed by atoms with Gasteiger partial charge in [0.2, 0.25) is 0 Å². The second kappa shape index (κ2) is 7.84. The van der Waals surface area contributed by atoms with Crippen molar-refractivity contribution in [3.05, 3.63) is 0 Å². The van der Waals surface area contributed by atoms with Crippen LogP contribution < -0.4 is 0 Å². The number of hydrogen-bond acceptors (Lipinski definition) is 1. The first kappa shape index (κ1) is 13.5. The van der Waals surface area contributed by atoms with Gasteiger partial charge in [0.15, 0.2) is 0 Å². The zero-order valence-corrected chi connectivity index (χ0v) is 9.75. The van der Waals surface area contributed by atoms with Crippen LogP contribution in [-0.2, 0) is 4.79 Å². The molecule has 0 aliphatic rings. The molecule has 14 heavy (non-hydrogen) atoms. The van der Waals surface area contributed by atoms with Crippen LogP contribution >= 0.6 is 0 Å². The Bertz CT molecular complexity index is 148. The molecular weight excluding hydrogens is 176 g/mol. The first-order chi connectivity index (χ1) is 6.61. The second-order valence-electron chi connectivity index (χ2n) is 4.26. The first-order valence-corrected chi connectivity index (χ1v) is 5.84. The summed E-state index contributed by atoms with van der Waals surface area (Å²) < 4.78 is 0. The van der Waals surface area contributed by atoms with E-state index >= 15 is 0 Å². The molecule has 0 saturated carbocycles. The molecule has 1 N–H and O–H groups in total. The Labute approximate surface area is 87.7 Å². The average molecular weight is 200 g/mol. The molecule has 0 spiro atoms. The summed E-state index contributed by atoms with van der Waals surface area (Å²) in [5.74, 6) is -0.0882. The van der Waals surface area contributed by atoms with Gasteiger partial charge in [0.1, 0.15) is 0 Å². The van der Waals surface area contributed by atoms with E-state index < -0.39 is 5.97 Å². The Hall–Kier alpha value is -0.530. The fourth-order valence-electron chi connectivity index (χ4n) is 1.86. The molecule has 0 aromatic rings. The van der Waals surface area contributed by atoms with E-state index in [-0.39, 0.29) is 5.92 Å². The van der Waals surface area contributed by atoms with E-state index in [1.807, 2.05) is 0 Å². The van der Waals surface area contributed by atoms with Gasteiger partial charge in [-0.15, -0.1) is 0 Å². The van der Waals surface area contributed by atoms with Crippen molar-refractivity contribution in [1.82, 2.24) is 0 Å². The van der Waals surface area contributed by atoms with Crippen molar-refractivity contribution in [2.45, 2.75) is 59.3 Å². The molecule has 0 aliphatic carbocycles. The van der Waals surface area contributed by atoms with Crippen LogP contribution in [0.15, 0.2) is 0 Å². The Morgan fingerprint density at radius 2 is 1.57 bits per heavy atom. The van der Waals surface area contributed by atoms with Crippen molar-refractivity contribution in [2.24, 2.45) is 11.8 Å². The van der Waals surface area contributed by atoms with Gasteiger partial charge in [0.25, 0.3) is 0 Å². The molecule has 0 bridgehead atoms. The third-order valence-electron chi connectivity index (χ3n) is 2.82. The molecule has 0 amide bonds. The number of carbonyl (C=O) groups is 1. The van der Waals surface area contributed by atoms with Gasteiger partial charge in [0.05, 0.1) is 5.92 Å². The maximum absolute atomic E-state index is 10.6. The first-order valence-electron chi connectivity index (χ1n) is 5.84. The van der Waals surface area contributed by atoms with E-state index in [2.05, 4.69) is 13.8 Å². The maximum Gasteiger partial charge on any atom is 0.306 e. The van der Waals surface area contributed by atoms with Crippen LogP contribution in [-0.4, -0.2) is 11.1 Å². The summed E-state index contributed by atoms with van der Waals surface area (Å²) in [5, 5.41) is 8.75. The van der Waals surface area contributed by atoms with E-state index in [0.717, 1.165) is 18.8 Å². The minimum Gasteiger partial charge on any atom is -0.481 e. The minimum absolute atomic E-state index is 0.175. The highest BCUT2D eigenvalue weighted by molar-refractivity contribution is 5.69. The SMILES string of the molecule is CCCC(CCC)CCC(C)C(=O)O. The molecule has 84 valence electrons. The van der Waals surface area contributed by atoms with Crippen molar-refractivity contribution in [2.75, 3.05) is 0 Å². The van der Waals surface area contributed by atoms with Gasteiger partial charge in [-0.3, -0.25) is 4.79 Å². The largest absolute Gasteiger partial charge is 0.481 e. The highest BCUT2D eigenvalue weighted by Gasteiger charge is 2.14. The molecule has 2 heteroatoms. The summed E-state index contributed by atoms with van der Waals surface area (Å²) in [4.78, 5) is 10.6. The fourth-order valence-corrected chi connectivity index (χ4v) is 1.86. The van der Waals surface area contributed by atoms with E-state index in [1.54, 1.807) is 6.92 Å². The quantitative estimate of drug-likeness (QED) is 0.648. The maximum atomic E-state index is 10.6. The van der Waals surface area contributed by atoms with Crippen LogP contribution in [0, 0.1) is 11.8 Å². The minimum atomic E-state index is -0.656.